The first kappa shape index (κ1) is 38.3. The number of ether oxygens (including phenoxy) is 4. The minimum absolute atomic E-state index is 0.0631. The Labute approximate surface area is 280 Å². The third-order valence-corrected chi connectivity index (χ3v) is 7.87. The van der Waals surface area contributed by atoms with E-state index >= 15 is 0 Å². The molecular weight excluding hydrogens is 600 g/mol. The summed E-state index contributed by atoms with van der Waals surface area (Å²) in [4.78, 5) is 24.4. The molecular formula is C34H58N8O5. The molecule has 1 amide bonds. The Kier molecular flexibility index (Phi) is 20.4. The molecule has 3 aromatic heterocycles. The molecule has 3 heterocycles. The molecule has 3 aromatic rings. The van der Waals surface area contributed by atoms with E-state index < -0.39 is 5.41 Å². The summed E-state index contributed by atoms with van der Waals surface area (Å²) >= 11 is 0. The molecule has 0 aliphatic carbocycles. The van der Waals surface area contributed by atoms with Crippen LogP contribution in [0, 0.1) is 5.41 Å². The van der Waals surface area contributed by atoms with E-state index in [0.29, 0.717) is 65.9 Å². The van der Waals surface area contributed by atoms with Crippen molar-refractivity contribution in [2.24, 2.45) is 11.1 Å². The van der Waals surface area contributed by atoms with Gasteiger partial charge in [0.2, 0.25) is 5.91 Å². The Balaban J connectivity index is 1.46. The zero-order valence-electron chi connectivity index (χ0n) is 28.3. The van der Waals surface area contributed by atoms with Crippen LogP contribution in [0.4, 0.5) is 0 Å². The summed E-state index contributed by atoms with van der Waals surface area (Å²) in [5.41, 5.74) is 5.04. The average Bonchev–Trinajstić information content (AvgIpc) is 3.89. The zero-order chi connectivity index (χ0) is 33.1. The quantitative estimate of drug-likeness (QED) is 0.0989. The van der Waals surface area contributed by atoms with E-state index in [1.807, 2.05) is 56.2 Å². The first-order valence-electron chi connectivity index (χ1n) is 17.3. The van der Waals surface area contributed by atoms with Gasteiger partial charge in [0.15, 0.2) is 0 Å². The summed E-state index contributed by atoms with van der Waals surface area (Å²) in [6.07, 6.45) is 26.6. The largest absolute Gasteiger partial charge is 0.381 e. The lowest BCUT2D eigenvalue weighted by Gasteiger charge is -2.33. The number of nitrogens with two attached hydrogens (primary N) is 1. The lowest BCUT2D eigenvalue weighted by Crippen LogP contribution is -2.42. The zero-order valence-corrected chi connectivity index (χ0v) is 28.3. The highest BCUT2D eigenvalue weighted by molar-refractivity contribution is 5.75. The molecule has 0 atom stereocenters. The maximum absolute atomic E-state index is 12.1. The topological polar surface area (TPSA) is 146 Å². The molecule has 3 N–H and O–H groups in total. The van der Waals surface area contributed by atoms with Crippen molar-refractivity contribution in [1.29, 1.82) is 0 Å². The lowest BCUT2D eigenvalue weighted by atomic mass is 9.92. The number of carbonyl (C=O) groups excluding carboxylic acids is 1. The van der Waals surface area contributed by atoms with Crippen molar-refractivity contribution < 1.29 is 23.7 Å². The summed E-state index contributed by atoms with van der Waals surface area (Å²) in [5.74, 6) is -0.0631. The van der Waals surface area contributed by atoms with Gasteiger partial charge in [-0.3, -0.25) is 4.79 Å². The van der Waals surface area contributed by atoms with Crippen molar-refractivity contribution in [3.8, 4) is 0 Å². The standard InChI is InChI=1S/C34H58N8O5/c35-11-12-39-33(43)10-25-47-29-34(26-44-22-7-1-4-16-40-19-13-36-30-40,27-45-23-8-2-5-17-41-20-14-37-31-41)28-46-24-9-3-6-18-42-21-15-38-32-42/h13-15,19-21,30-32H,1-12,16-18,22-29,35H2,(H,39,43). The van der Waals surface area contributed by atoms with Gasteiger partial charge in [-0.25, -0.2) is 15.0 Å². The second-order valence-electron chi connectivity index (χ2n) is 12.2. The number of amides is 1. The molecule has 0 radical (unpaired) electrons. The van der Waals surface area contributed by atoms with Crippen molar-refractivity contribution in [3.05, 3.63) is 56.2 Å². The Morgan fingerprint density at radius 3 is 1.36 bits per heavy atom. The van der Waals surface area contributed by atoms with Crippen LogP contribution < -0.4 is 11.1 Å². The summed E-state index contributed by atoms with van der Waals surface area (Å²) < 4.78 is 31.2. The van der Waals surface area contributed by atoms with Crippen molar-refractivity contribution in [1.82, 2.24) is 34.0 Å². The third kappa shape index (κ3) is 18.1. The predicted octanol–water partition coefficient (Wildman–Crippen LogP) is 3.71. The van der Waals surface area contributed by atoms with Crippen LogP contribution in [0.25, 0.3) is 0 Å². The molecule has 47 heavy (non-hydrogen) atoms. The molecule has 0 aromatic carbocycles. The Hall–Kier alpha value is -3.10. The number of nitrogens with one attached hydrogen (secondary N) is 1. The molecule has 0 fully saturated rings. The molecule has 0 bridgehead atoms. The number of carbonyl (C=O) groups is 1. The van der Waals surface area contributed by atoms with Crippen LogP contribution >= 0.6 is 0 Å². The van der Waals surface area contributed by atoms with Gasteiger partial charge in [-0.15, -0.1) is 0 Å². The number of hydrogen-bond acceptors (Lipinski definition) is 9. The fraction of sp³-hybridized carbons (Fsp3) is 0.706. The van der Waals surface area contributed by atoms with E-state index in [2.05, 4.69) is 34.0 Å². The van der Waals surface area contributed by atoms with Crippen LogP contribution in [0.1, 0.15) is 64.2 Å². The predicted molar refractivity (Wildman–Crippen MR) is 181 cm³/mol. The molecule has 0 saturated carbocycles. The van der Waals surface area contributed by atoms with E-state index in [1.165, 1.54) is 0 Å². The van der Waals surface area contributed by atoms with E-state index in [9.17, 15) is 4.79 Å². The number of hydrogen-bond donors (Lipinski definition) is 2. The average molecular weight is 659 g/mol. The van der Waals surface area contributed by atoms with Gasteiger partial charge in [0, 0.05) is 96.1 Å². The van der Waals surface area contributed by atoms with Crippen LogP contribution in [0.2, 0.25) is 0 Å². The van der Waals surface area contributed by atoms with E-state index in [1.54, 1.807) is 0 Å². The minimum Gasteiger partial charge on any atom is -0.381 e. The highest BCUT2D eigenvalue weighted by atomic mass is 16.5. The van der Waals surface area contributed by atoms with Crippen LogP contribution in [-0.2, 0) is 43.4 Å². The highest BCUT2D eigenvalue weighted by Gasteiger charge is 2.32. The Morgan fingerprint density at radius 1 is 0.596 bits per heavy atom. The van der Waals surface area contributed by atoms with Crippen molar-refractivity contribution >= 4 is 5.91 Å². The van der Waals surface area contributed by atoms with E-state index in [0.717, 1.165) is 77.4 Å². The van der Waals surface area contributed by atoms with Crippen molar-refractivity contribution in [2.75, 3.05) is 65.9 Å². The van der Waals surface area contributed by atoms with Gasteiger partial charge in [-0.2, -0.15) is 0 Å². The second kappa shape index (κ2) is 25.0. The molecule has 0 unspecified atom stereocenters. The first-order valence-corrected chi connectivity index (χ1v) is 17.3. The molecule has 3 rings (SSSR count). The Bertz CT molecular complexity index is 995. The smallest absolute Gasteiger partial charge is 0.222 e. The van der Waals surface area contributed by atoms with E-state index in [-0.39, 0.29) is 12.3 Å². The SMILES string of the molecule is NCCNC(=O)CCOCC(COCCCCCn1ccnc1)(COCCCCCn1ccnc1)COCCCCCn1ccnc1. The number of unbranched alkanes of at least 4 members (excludes halogenated alkanes) is 6. The van der Waals surface area contributed by atoms with E-state index in [4.69, 9.17) is 24.7 Å². The van der Waals surface area contributed by atoms with Crippen LogP contribution in [0.3, 0.4) is 0 Å². The van der Waals surface area contributed by atoms with Crippen LogP contribution in [0.15, 0.2) is 56.2 Å². The van der Waals surface area contributed by atoms with Gasteiger partial charge in [-0.1, -0.05) is 0 Å². The van der Waals surface area contributed by atoms with Gasteiger partial charge in [0.1, 0.15) is 0 Å². The fourth-order valence-corrected chi connectivity index (χ4v) is 5.15. The van der Waals surface area contributed by atoms with Crippen LogP contribution in [0.5, 0.6) is 0 Å². The van der Waals surface area contributed by atoms with Gasteiger partial charge in [0.25, 0.3) is 0 Å². The maximum Gasteiger partial charge on any atom is 0.222 e. The Morgan fingerprint density at radius 2 is 1.00 bits per heavy atom. The summed E-state index contributed by atoms with van der Waals surface area (Å²) in [6.45, 7) is 7.85. The number of aromatic nitrogens is 6. The molecule has 0 aliphatic rings. The summed E-state index contributed by atoms with van der Waals surface area (Å²) in [5, 5.41) is 2.80. The van der Waals surface area contributed by atoms with Gasteiger partial charge in [0.05, 0.1) is 57.4 Å². The third-order valence-electron chi connectivity index (χ3n) is 7.87. The van der Waals surface area contributed by atoms with Gasteiger partial charge >= 0.3 is 0 Å². The molecule has 13 nitrogen and oxygen atoms in total. The maximum atomic E-state index is 12.1. The second-order valence-corrected chi connectivity index (χ2v) is 12.2. The number of imidazole rings is 3. The molecule has 0 aliphatic heterocycles. The monoisotopic (exact) mass is 658 g/mol. The summed E-state index contributed by atoms with van der Waals surface area (Å²) in [7, 11) is 0. The first-order chi connectivity index (χ1) is 23.2. The molecule has 0 saturated heterocycles. The minimum atomic E-state index is -0.474. The highest BCUT2D eigenvalue weighted by Crippen LogP contribution is 2.22. The molecule has 264 valence electrons. The van der Waals surface area contributed by atoms with Crippen molar-refractivity contribution in [2.45, 2.75) is 83.8 Å². The molecule has 13 heteroatoms. The number of nitrogens with zero attached hydrogens (tertiary/aromatic N) is 6. The lowest BCUT2D eigenvalue weighted by molar-refractivity contribution is -0.125. The normalized spacial score (nSPS) is 11.8. The van der Waals surface area contributed by atoms with Crippen LogP contribution in [-0.4, -0.2) is 101 Å². The fourth-order valence-electron chi connectivity index (χ4n) is 5.15. The van der Waals surface area contributed by atoms with Crippen molar-refractivity contribution in [3.63, 3.8) is 0 Å². The number of rotatable bonds is 31. The summed E-state index contributed by atoms with van der Waals surface area (Å²) in [6, 6.07) is 0. The van der Waals surface area contributed by atoms with Gasteiger partial charge < -0.3 is 43.7 Å². The number of aryl methyl sites for hydroxylation is 3. The van der Waals surface area contributed by atoms with Gasteiger partial charge in [-0.05, 0) is 57.8 Å². The molecule has 0 spiro atoms.